The normalized spacial score (nSPS) is 20.2. The molecule has 0 spiro atoms. The first-order chi connectivity index (χ1) is 16.5. The van der Waals surface area contributed by atoms with E-state index in [9.17, 15) is 13.6 Å². The molecule has 172 valence electrons. The number of pyridine rings is 2. The van der Waals surface area contributed by atoms with Crippen LogP contribution in [-0.4, -0.2) is 33.1 Å². The van der Waals surface area contributed by atoms with Gasteiger partial charge in [0.2, 0.25) is 0 Å². The highest BCUT2D eigenvalue weighted by molar-refractivity contribution is 7.97. The molecule has 2 aliphatic rings. The summed E-state index contributed by atoms with van der Waals surface area (Å²) >= 11 is 1.41. The van der Waals surface area contributed by atoms with E-state index in [4.69, 9.17) is 0 Å². The number of anilines is 1. The molecule has 1 unspecified atom stereocenters. The summed E-state index contributed by atoms with van der Waals surface area (Å²) in [4.78, 5) is 22.8. The monoisotopic (exact) mass is 476 g/mol. The number of ketones is 1. The van der Waals surface area contributed by atoms with Crippen LogP contribution in [0.2, 0.25) is 0 Å². The molecule has 0 radical (unpaired) electrons. The number of halogens is 2. The fraction of sp³-hybridized carbons (Fsp3) is 0.192. The van der Waals surface area contributed by atoms with Crippen LogP contribution in [0.3, 0.4) is 0 Å². The van der Waals surface area contributed by atoms with E-state index in [-0.39, 0.29) is 17.4 Å². The SMILES string of the molecule is O=C(c1ccccn1)C12CC=C(Nc3ccc(F)cc3)C=C1CCN(Sc1cncc(F)c1)C2. The highest BCUT2D eigenvalue weighted by Crippen LogP contribution is 2.46. The van der Waals surface area contributed by atoms with Crippen LogP contribution in [0.15, 0.2) is 95.4 Å². The van der Waals surface area contributed by atoms with Gasteiger partial charge in [0.25, 0.3) is 0 Å². The molecule has 34 heavy (non-hydrogen) atoms. The molecular weight excluding hydrogens is 454 g/mol. The maximum atomic E-state index is 13.8. The van der Waals surface area contributed by atoms with Gasteiger partial charge in [-0.05, 0) is 73.3 Å². The van der Waals surface area contributed by atoms with E-state index in [0.29, 0.717) is 36.5 Å². The van der Waals surface area contributed by atoms with Gasteiger partial charge in [-0.15, -0.1) is 0 Å². The third-order valence-corrected chi connectivity index (χ3v) is 7.07. The zero-order chi connectivity index (χ0) is 23.5. The van der Waals surface area contributed by atoms with Gasteiger partial charge in [-0.2, -0.15) is 0 Å². The summed E-state index contributed by atoms with van der Waals surface area (Å²) in [6, 6.07) is 13.0. The van der Waals surface area contributed by atoms with E-state index in [0.717, 1.165) is 17.0 Å². The van der Waals surface area contributed by atoms with Crippen LogP contribution in [-0.2, 0) is 0 Å². The molecule has 1 aliphatic carbocycles. The second kappa shape index (κ2) is 9.48. The average molecular weight is 477 g/mol. The lowest BCUT2D eigenvalue weighted by Crippen LogP contribution is -2.48. The highest BCUT2D eigenvalue weighted by atomic mass is 32.2. The molecule has 0 saturated carbocycles. The van der Waals surface area contributed by atoms with Crippen molar-refractivity contribution in [3.8, 4) is 0 Å². The number of benzene rings is 1. The van der Waals surface area contributed by atoms with Gasteiger partial charge in [0.15, 0.2) is 5.78 Å². The van der Waals surface area contributed by atoms with Crippen LogP contribution in [0.5, 0.6) is 0 Å². The van der Waals surface area contributed by atoms with Gasteiger partial charge in [-0.1, -0.05) is 17.7 Å². The Bertz CT molecular complexity index is 1260. The lowest BCUT2D eigenvalue weighted by Gasteiger charge is -2.44. The minimum atomic E-state index is -0.770. The number of aromatic nitrogens is 2. The van der Waals surface area contributed by atoms with Crippen LogP contribution in [0.1, 0.15) is 23.3 Å². The number of carbonyl (C=O) groups excluding carboxylic acids is 1. The quantitative estimate of drug-likeness (QED) is 0.366. The molecule has 2 aromatic heterocycles. The van der Waals surface area contributed by atoms with Crippen LogP contribution in [0, 0.1) is 17.0 Å². The second-order valence-electron chi connectivity index (χ2n) is 8.33. The summed E-state index contributed by atoms with van der Waals surface area (Å²) in [5, 5.41) is 3.32. The van der Waals surface area contributed by atoms with Crippen molar-refractivity contribution in [2.24, 2.45) is 5.41 Å². The molecule has 5 rings (SSSR count). The minimum Gasteiger partial charge on any atom is -0.356 e. The molecular formula is C26H22F2N4OS. The number of hydrogen-bond donors (Lipinski definition) is 1. The number of nitrogens with one attached hydrogen (secondary N) is 1. The first-order valence-corrected chi connectivity index (χ1v) is 11.7. The van der Waals surface area contributed by atoms with Crippen molar-refractivity contribution < 1.29 is 13.6 Å². The Morgan fingerprint density at radius 2 is 1.94 bits per heavy atom. The van der Waals surface area contributed by atoms with Crippen molar-refractivity contribution in [2.75, 3.05) is 18.4 Å². The molecule has 8 heteroatoms. The van der Waals surface area contributed by atoms with Crippen LogP contribution in [0.25, 0.3) is 0 Å². The van der Waals surface area contributed by atoms with E-state index < -0.39 is 5.41 Å². The highest BCUT2D eigenvalue weighted by Gasteiger charge is 2.47. The van der Waals surface area contributed by atoms with Crippen LogP contribution >= 0.6 is 11.9 Å². The Balaban J connectivity index is 1.43. The molecule has 1 fully saturated rings. The molecule has 0 bridgehead atoms. The van der Waals surface area contributed by atoms with Crippen molar-refractivity contribution >= 4 is 23.4 Å². The summed E-state index contributed by atoms with van der Waals surface area (Å²) in [5.41, 5.74) is 2.34. The summed E-state index contributed by atoms with van der Waals surface area (Å²) in [6.07, 6.45) is 9.63. The van der Waals surface area contributed by atoms with E-state index in [2.05, 4.69) is 19.6 Å². The van der Waals surface area contributed by atoms with Crippen molar-refractivity contribution in [1.29, 1.82) is 0 Å². The Kier molecular flexibility index (Phi) is 6.26. The molecule has 1 N–H and O–H groups in total. The standard InChI is InChI=1S/C26H22F2N4OS/c27-19-4-6-21(7-5-19)31-22-8-10-26(25(33)24-3-1-2-11-30-24)17-32(12-9-18(26)13-22)34-23-14-20(28)15-29-16-23/h1-8,11,13-16,31H,9-10,12,17H2. The number of carbonyl (C=O) groups is 1. The van der Waals surface area contributed by atoms with E-state index in [1.165, 1.54) is 36.3 Å². The number of hydrogen-bond acceptors (Lipinski definition) is 6. The summed E-state index contributed by atoms with van der Waals surface area (Å²) in [7, 11) is 0. The van der Waals surface area contributed by atoms with Crippen molar-refractivity contribution in [1.82, 2.24) is 14.3 Å². The molecule has 3 aromatic rings. The van der Waals surface area contributed by atoms with Gasteiger partial charge >= 0.3 is 0 Å². The van der Waals surface area contributed by atoms with E-state index in [1.807, 2.05) is 18.2 Å². The Morgan fingerprint density at radius 3 is 2.71 bits per heavy atom. The molecule has 1 aromatic carbocycles. The third kappa shape index (κ3) is 4.64. The van der Waals surface area contributed by atoms with E-state index in [1.54, 1.807) is 36.7 Å². The van der Waals surface area contributed by atoms with Gasteiger partial charge in [0, 0.05) is 41.8 Å². The Morgan fingerprint density at radius 1 is 1.09 bits per heavy atom. The number of allylic oxidation sites excluding steroid dienone is 2. The van der Waals surface area contributed by atoms with E-state index >= 15 is 0 Å². The molecule has 1 atom stereocenters. The number of nitrogens with zero attached hydrogens (tertiary/aromatic N) is 3. The van der Waals surface area contributed by atoms with Crippen LogP contribution < -0.4 is 5.32 Å². The van der Waals surface area contributed by atoms with Gasteiger partial charge in [-0.3, -0.25) is 14.8 Å². The molecule has 0 amide bonds. The number of rotatable bonds is 6. The molecule has 3 heterocycles. The largest absolute Gasteiger partial charge is 0.356 e. The third-order valence-electron chi connectivity index (χ3n) is 6.07. The lowest BCUT2D eigenvalue weighted by molar-refractivity contribution is 0.0778. The predicted molar refractivity (Wildman–Crippen MR) is 128 cm³/mol. The number of fused-ring (bicyclic) bond motifs is 1. The summed E-state index contributed by atoms with van der Waals surface area (Å²) < 4.78 is 29.0. The molecule has 1 saturated heterocycles. The fourth-order valence-corrected chi connectivity index (χ4v) is 5.45. The lowest BCUT2D eigenvalue weighted by atomic mass is 9.67. The average Bonchev–Trinajstić information content (AvgIpc) is 2.85. The zero-order valence-corrected chi connectivity index (χ0v) is 19.1. The second-order valence-corrected chi connectivity index (χ2v) is 9.51. The van der Waals surface area contributed by atoms with Crippen molar-refractivity contribution in [2.45, 2.75) is 17.7 Å². The van der Waals surface area contributed by atoms with Gasteiger partial charge < -0.3 is 5.32 Å². The number of piperidine rings is 1. The predicted octanol–water partition coefficient (Wildman–Crippen LogP) is 5.66. The summed E-state index contributed by atoms with van der Waals surface area (Å²) in [6.45, 7) is 1.17. The Hall–Kier alpha value is -3.36. The zero-order valence-electron chi connectivity index (χ0n) is 18.2. The maximum Gasteiger partial charge on any atom is 0.192 e. The first-order valence-electron chi connectivity index (χ1n) is 10.9. The summed E-state index contributed by atoms with van der Waals surface area (Å²) in [5.74, 6) is -0.710. The fourth-order valence-electron chi connectivity index (χ4n) is 4.41. The van der Waals surface area contributed by atoms with Crippen LogP contribution in [0.4, 0.5) is 14.5 Å². The maximum absolute atomic E-state index is 13.8. The Labute approximate surface area is 200 Å². The first kappa shape index (κ1) is 22.4. The van der Waals surface area contributed by atoms with Gasteiger partial charge in [0.1, 0.15) is 17.3 Å². The topological polar surface area (TPSA) is 58.1 Å². The van der Waals surface area contributed by atoms with Crippen molar-refractivity contribution in [3.05, 3.63) is 108 Å². The molecule has 1 aliphatic heterocycles. The van der Waals surface area contributed by atoms with Crippen molar-refractivity contribution in [3.63, 3.8) is 0 Å². The minimum absolute atomic E-state index is 0.0286. The van der Waals surface area contributed by atoms with Gasteiger partial charge in [0.05, 0.1) is 11.6 Å². The number of Topliss-reactive ketones (excluding diaryl/α,β-unsaturated/α-hetero) is 1. The molecule has 5 nitrogen and oxygen atoms in total. The van der Waals surface area contributed by atoms with Gasteiger partial charge in [-0.25, -0.2) is 13.1 Å². The smallest absolute Gasteiger partial charge is 0.192 e.